The lowest BCUT2D eigenvalue weighted by molar-refractivity contribution is 0.0938. The third kappa shape index (κ3) is 4.07. The molecule has 37 heavy (non-hydrogen) atoms. The highest BCUT2D eigenvalue weighted by atomic mass is 16.2. The van der Waals surface area contributed by atoms with Gasteiger partial charge in [-0.1, -0.05) is 18.2 Å². The molecule has 5 aromatic rings. The molecule has 0 aliphatic carbocycles. The quantitative estimate of drug-likeness (QED) is 0.383. The minimum Gasteiger partial charge on any atom is -0.348 e. The van der Waals surface area contributed by atoms with Crippen LogP contribution in [0.4, 0.5) is 5.82 Å². The van der Waals surface area contributed by atoms with Gasteiger partial charge in [-0.2, -0.15) is 5.10 Å². The number of rotatable bonds is 6. The van der Waals surface area contributed by atoms with Crippen molar-refractivity contribution < 1.29 is 4.79 Å². The Morgan fingerprint density at radius 1 is 1.08 bits per heavy atom. The molecule has 1 amide bonds. The molecule has 1 saturated heterocycles. The molecule has 4 aromatic heterocycles. The van der Waals surface area contributed by atoms with Crippen LogP contribution in [0.5, 0.6) is 0 Å². The molecule has 0 unspecified atom stereocenters. The third-order valence-corrected chi connectivity index (χ3v) is 7.02. The van der Waals surface area contributed by atoms with E-state index in [0.29, 0.717) is 30.9 Å². The van der Waals surface area contributed by atoms with Crippen molar-refractivity contribution in [3.05, 3.63) is 94.9 Å². The molecule has 1 aromatic carbocycles. The molecular formula is C26H27N9O2. The number of nitrogens with zero attached hydrogens (tertiary/aromatic N) is 8. The van der Waals surface area contributed by atoms with Gasteiger partial charge in [0.05, 0.1) is 24.0 Å². The van der Waals surface area contributed by atoms with E-state index in [1.165, 1.54) is 4.68 Å². The second-order valence-electron chi connectivity index (χ2n) is 9.30. The van der Waals surface area contributed by atoms with Gasteiger partial charge in [0.15, 0.2) is 5.65 Å². The first kappa shape index (κ1) is 22.8. The summed E-state index contributed by atoms with van der Waals surface area (Å²) < 4.78 is 6.87. The van der Waals surface area contributed by atoms with Crippen LogP contribution in [0.2, 0.25) is 0 Å². The molecule has 0 radical (unpaired) electrons. The summed E-state index contributed by atoms with van der Waals surface area (Å²) in [5, 5.41) is 12.2. The lowest BCUT2D eigenvalue weighted by Crippen LogP contribution is -2.39. The number of carbonyl (C=O) groups is 1. The molecule has 11 heteroatoms. The van der Waals surface area contributed by atoms with Crippen molar-refractivity contribution in [3.8, 4) is 5.69 Å². The van der Waals surface area contributed by atoms with Gasteiger partial charge in [-0.15, -0.1) is 5.10 Å². The maximum Gasteiger partial charge on any atom is 0.284 e. The Balaban J connectivity index is 1.28. The summed E-state index contributed by atoms with van der Waals surface area (Å²) in [5.41, 5.74) is 1.92. The molecule has 0 bridgehead atoms. The zero-order valence-corrected chi connectivity index (χ0v) is 20.6. The van der Waals surface area contributed by atoms with Crippen molar-refractivity contribution in [2.24, 2.45) is 7.05 Å². The maximum absolute atomic E-state index is 13.4. The average Bonchev–Trinajstić information content (AvgIpc) is 3.68. The highest BCUT2D eigenvalue weighted by Gasteiger charge is 2.35. The van der Waals surface area contributed by atoms with E-state index < -0.39 is 0 Å². The molecule has 0 saturated carbocycles. The number of carbonyl (C=O) groups excluding carboxylic acids is 1. The van der Waals surface area contributed by atoms with Crippen LogP contribution in [0.3, 0.4) is 0 Å². The van der Waals surface area contributed by atoms with Gasteiger partial charge in [-0.05, 0) is 43.7 Å². The van der Waals surface area contributed by atoms with E-state index in [1.807, 2.05) is 65.6 Å². The van der Waals surface area contributed by atoms with Crippen LogP contribution in [-0.2, 0) is 13.6 Å². The Hall–Kier alpha value is -4.67. The molecular weight excluding hydrogens is 470 g/mol. The fraction of sp³-hybridized carbons (Fsp3) is 0.269. The molecule has 0 spiro atoms. The minimum atomic E-state index is -0.365. The minimum absolute atomic E-state index is 0.0523. The van der Waals surface area contributed by atoms with Gasteiger partial charge in [0.25, 0.3) is 11.5 Å². The van der Waals surface area contributed by atoms with E-state index >= 15 is 0 Å². The van der Waals surface area contributed by atoms with Crippen LogP contribution in [0, 0.1) is 6.92 Å². The first-order chi connectivity index (χ1) is 18.0. The molecule has 6 rings (SSSR count). The summed E-state index contributed by atoms with van der Waals surface area (Å²) in [6.07, 6.45) is 7.89. The van der Waals surface area contributed by atoms with Gasteiger partial charge in [0, 0.05) is 44.4 Å². The fourth-order valence-electron chi connectivity index (χ4n) is 5.14. The molecule has 1 N–H and O–H groups in total. The van der Waals surface area contributed by atoms with Crippen molar-refractivity contribution in [2.45, 2.75) is 32.0 Å². The number of nitrogens with one attached hydrogen (secondary N) is 1. The fourth-order valence-corrected chi connectivity index (χ4v) is 5.14. The van der Waals surface area contributed by atoms with Crippen LogP contribution >= 0.6 is 0 Å². The number of amides is 1. The third-order valence-electron chi connectivity index (χ3n) is 7.02. The topological polar surface area (TPSA) is 107 Å². The van der Waals surface area contributed by atoms with Crippen LogP contribution in [0.1, 0.15) is 22.5 Å². The monoisotopic (exact) mass is 497 g/mol. The standard InChI is InChI=1S/C26H27N9O2/c1-18-24(26(37)35(31(18)2)20-7-4-3-5-8-20)25(36)29-19-15-21(17-32-13-6-11-28-32)33(16-19)23-10-9-22-27-12-14-34(22)30-23/h3-14,19,21H,15-17H2,1-2H3,(H,29,36)/t19-,21+/m0/s1. The van der Waals surface area contributed by atoms with E-state index in [2.05, 4.69) is 20.3 Å². The highest BCUT2D eigenvalue weighted by molar-refractivity contribution is 5.95. The Bertz CT molecular complexity index is 1620. The number of anilines is 1. The van der Waals surface area contributed by atoms with Gasteiger partial charge in [0.2, 0.25) is 0 Å². The smallest absolute Gasteiger partial charge is 0.284 e. The Morgan fingerprint density at radius 2 is 1.92 bits per heavy atom. The SMILES string of the molecule is Cc1c(C(=O)N[C@H]2C[C@H](Cn3cccn3)N(c3ccc4nccn4n3)C2)c(=O)n(-c2ccccc2)n1C. The van der Waals surface area contributed by atoms with Gasteiger partial charge < -0.3 is 10.2 Å². The van der Waals surface area contributed by atoms with Crippen molar-refractivity contribution in [2.75, 3.05) is 11.4 Å². The number of imidazole rings is 1. The second kappa shape index (κ2) is 9.08. The summed E-state index contributed by atoms with van der Waals surface area (Å²) in [7, 11) is 1.79. The number of fused-ring (bicyclic) bond motifs is 1. The number of hydrogen-bond donors (Lipinski definition) is 1. The molecule has 1 fully saturated rings. The summed E-state index contributed by atoms with van der Waals surface area (Å²) in [5.74, 6) is 0.428. The Morgan fingerprint density at radius 3 is 2.70 bits per heavy atom. The summed E-state index contributed by atoms with van der Waals surface area (Å²) in [4.78, 5) is 33.2. The van der Waals surface area contributed by atoms with Gasteiger partial charge >= 0.3 is 0 Å². The van der Waals surface area contributed by atoms with Crippen LogP contribution in [-0.4, -0.2) is 58.3 Å². The van der Waals surface area contributed by atoms with E-state index in [4.69, 9.17) is 5.10 Å². The van der Waals surface area contributed by atoms with Crippen LogP contribution < -0.4 is 15.8 Å². The van der Waals surface area contributed by atoms with E-state index in [9.17, 15) is 9.59 Å². The first-order valence-corrected chi connectivity index (χ1v) is 12.2. The molecule has 188 valence electrons. The van der Waals surface area contributed by atoms with E-state index in [-0.39, 0.29) is 29.1 Å². The lowest BCUT2D eigenvalue weighted by Gasteiger charge is -2.25. The second-order valence-corrected chi connectivity index (χ2v) is 9.30. The molecule has 1 aliphatic heterocycles. The number of aromatic nitrogens is 7. The largest absolute Gasteiger partial charge is 0.348 e. The lowest BCUT2D eigenvalue weighted by atomic mass is 10.1. The van der Waals surface area contributed by atoms with Crippen LogP contribution in [0.15, 0.2) is 78.1 Å². The molecule has 1 aliphatic rings. The normalized spacial score (nSPS) is 17.5. The van der Waals surface area contributed by atoms with Gasteiger partial charge in [0.1, 0.15) is 11.4 Å². The van der Waals surface area contributed by atoms with E-state index in [0.717, 1.165) is 11.5 Å². The molecule has 5 heterocycles. The summed E-state index contributed by atoms with van der Waals surface area (Å²) in [6, 6.07) is 15.0. The number of benzene rings is 1. The maximum atomic E-state index is 13.4. The van der Waals surface area contributed by atoms with Crippen molar-refractivity contribution in [3.63, 3.8) is 0 Å². The predicted octanol–water partition coefficient (Wildman–Crippen LogP) is 1.80. The molecule has 2 atom stereocenters. The Labute approximate surface area is 212 Å². The Kier molecular flexibility index (Phi) is 5.59. The van der Waals surface area contributed by atoms with Crippen molar-refractivity contribution >= 4 is 17.4 Å². The van der Waals surface area contributed by atoms with Crippen LogP contribution in [0.25, 0.3) is 11.3 Å². The van der Waals surface area contributed by atoms with Gasteiger partial charge in [-0.3, -0.25) is 19.0 Å². The predicted molar refractivity (Wildman–Crippen MR) is 138 cm³/mol. The van der Waals surface area contributed by atoms with Gasteiger partial charge in [-0.25, -0.2) is 14.2 Å². The highest BCUT2D eigenvalue weighted by Crippen LogP contribution is 2.26. The van der Waals surface area contributed by atoms with Crippen molar-refractivity contribution in [1.82, 2.24) is 39.1 Å². The summed E-state index contributed by atoms with van der Waals surface area (Å²) >= 11 is 0. The zero-order chi connectivity index (χ0) is 25.5. The van der Waals surface area contributed by atoms with Crippen molar-refractivity contribution in [1.29, 1.82) is 0 Å². The number of para-hydroxylation sites is 1. The number of hydrogen-bond acceptors (Lipinski definition) is 6. The molecule has 11 nitrogen and oxygen atoms in total. The first-order valence-electron chi connectivity index (χ1n) is 12.2. The zero-order valence-electron chi connectivity index (χ0n) is 20.6. The average molecular weight is 498 g/mol. The van der Waals surface area contributed by atoms with E-state index in [1.54, 1.807) is 35.6 Å². The summed E-state index contributed by atoms with van der Waals surface area (Å²) in [6.45, 7) is 3.00.